The lowest BCUT2D eigenvalue weighted by Crippen LogP contribution is -1.95. The summed E-state index contributed by atoms with van der Waals surface area (Å²) in [4.78, 5) is 0. The Hall–Kier alpha value is -2.73. The molecule has 0 heterocycles. The second kappa shape index (κ2) is 8.58. The minimum Gasteiger partial charge on any atom is -0.489 e. The number of ether oxygens (including phenoxy) is 1. The smallest absolute Gasteiger partial charge is 0.119 e. The Morgan fingerprint density at radius 2 is 1.54 bits per heavy atom. The maximum atomic E-state index is 9.44. The van der Waals surface area contributed by atoms with E-state index in [1.165, 1.54) is 0 Å². The first-order valence-corrected chi connectivity index (χ1v) is 8.76. The van der Waals surface area contributed by atoms with Gasteiger partial charge in [0.25, 0.3) is 0 Å². The van der Waals surface area contributed by atoms with Gasteiger partial charge >= 0.3 is 0 Å². The Kier molecular flexibility index (Phi) is 5.96. The summed E-state index contributed by atoms with van der Waals surface area (Å²) in [6.07, 6.45) is 1.80. The number of rotatable bonds is 5. The molecule has 0 bridgehead atoms. The zero-order valence-electron chi connectivity index (χ0n) is 13.8. The first-order chi connectivity index (χ1) is 12.7. The van der Waals surface area contributed by atoms with Gasteiger partial charge in [-0.1, -0.05) is 71.7 Å². The van der Waals surface area contributed by atoms with Crippen molar-refractivity contribution in [2.24, 2.45) is 0 Å². The van der Waals surface area contributed by atoms with E-state index in [2.05, 4.69) is 6.07 Å². The number of hydrogen-bond acceptors (Lipinski definition) is 2. The van der Waals surface area contributed by atoms with Crippen LogP contribution in [0.1, 0.15) is 16.7 Å². The van der Waals surface area contributed by atoms with Gasteiger partial charge in [0.1, 0.15) is 12.4 Å². The molecule has 0 amide bonds. The van der Waals surface area contributed by atoms with E-state index in [9.17, 15) is 5.26 Å². The van der Waals surface area contributed by atoms with Gasteiger partial charge in [0, 0.05) is 21.2 Å². The SMILES string of the molecule is N#CC(=Cc1ccc(OCc2ccccc2Cl)cc1)c1ccccc1Cl. The Bertz CT molecular complexity index is 972. The molecule has 0 N–H and O–H groups in total. The highest BCUT2D eigenvalue weighted by atomic mass is 35.5. The third-order valence-corrected chi connectivity index (χ3v) is 4.53. The number of hydrogen-bond donors (Lipinski definition) is 0. The highest BCUT2D eigenvalue weighted by Gasteiger charge is 2.06. The summed E-state index contributed by atoms with van der Waals surface area (Å²) in [5, 5.41) is 10.7. The Labute approximate surface area is 162 Å². The predicted molar refractivity (Wildman–Crippen MR) is 107 cm³/mol. The molecule has 2 nitrogen and oxygen atoms in total. The molecule has 3 rings (SSSR count). The van der Waals surface area contributed by atoms with Crippen molar-refractivity contribution in [1.82, 2.24) is 0 Å². The fourth-order valence-corrected chi connectivity index (χ4v) is 2.88. The predicted octanol–water partition coefficient (Wildman–Crippen LogP) is 6.64. The fourth-order valence-electron chi connectivity index (χ4n) is 2.45. The van der Waals surface area contributed by atoms with Gasteiger partial charge < -0.3 is 4.74 Å². The molecule has 3 aromatic rings. The normalized spacial score (nSPS) is 11.0. The van der Waals surface area contributed by atoms with Crippen LogP contribution in [0.15, 0.2) is 72.8 Å². The van der Waals surface area contributed by atoms with Crippen LogP contribution in [0.5, 0.6) is 5.75 Å². The lowest BCUT2D eigenvalue weighted by molar-refractivity contribution is 0.306. The van der Waals surface area contributed by atoms with Crippen LogP contribution in [0.2, 0.25) is 10.0 Å². The molecule has 0 aromatic heterocycles. The molecule has 4 heteroatoms. The maximum absolute atomic E-state index is 9.44. The van der Waals surface area contributed by atoms with Gasteiger partial charge in [-0.05, 0) is 35.9 Å². The Balaban J connectivity index is 1.74. The highest BCUT2D eigenvalue weighted by Crippen LogP contribution is 2.26. The van der Waals surface area contributed by atoms with Gasteiger partial charge in [-0.15, -0.1) is 0 Å². The average molecular weight is 380 g/mol. The molecule has 0 fully saturated rings. The van der Waals surface area contributed by atoms with Crippen LogP contribution in [0, 0.1) is 11.3 Å². The summed E-state index contributed by atoms with van der Waals surface area (Å²) in [6, 6.07) is 24.6. The molecule has 0 saturated carbocycles. The average Bonchev–Trinajstić information content (AvgIpc) is 2.67. The van der Waals surface area contributed by atoms with Crippen LogP contribution < -0.4 is 4.74 Å². The van der Waals surface area contributed by atoms with E-state index < -0.39 is 0 Å². The first-order valence-electron chi connectivity index (χ1n) is 8.00. The largest absolute Gasteiger partial charge is 0.489 e. The van der Waals surface area contributed by atoms with E-state index >= 15 is 0 Å². The van der Waals surface area contributed by atoms with Gasteiger partial charge in [0.05, 0.1) is 11.6 Å². The number of halogens is 2. The summed E-state index contributed by atoms with van der Waals surface area (Å²) in [5.74, 6) is 0.735. The second-order valence-electron chi connectivity index (χ2n) is 5.60. The maximum Gasteiger partial charge on any atom is 0.119 e. The highest BCUT2D eigenvalue weighted by molar-refractivity contribution is 6.32. The second-order valence-corrected chi connectivity index (χ2v) is 6.41. The number of nitriles is 1. The molecule has 0 aliphatic rings. The molecule has 26 heavy (non-hydrogen) atoms. The minimum atomic E-state index is 0.401. The monoisotopic (exact) mass is 379 g/mol. The number of nitrogens with zero attached hydrogens (tertiary/aromatic N) is 1. The van der Waals surface area contributed by atoms with Crippen LogP contribution in [0.25, 0.3) is 11.6 Å². The molecule has 3 aromatic carbocycles. The van der Waals surface area contributed by atoms with Crippen molar-refractivity contribution >= 4 is 34.9 Å². The van der Waals surface area contributed by atoms with Crippen molar-refractivity contribution in [3.8, 4) is 11.8 Å². The van der Waals surface area contributed by atoms with Gasteiger partial charge in [-0.2, -0.15) is 5.26 Å². The fraction of sp³-hybridized carbons (Fsp3) is 0.0455. The van der Waals surface area contributed by atoms with Crippen LogP contribution in [0.4, 0.5) is 0 Å². The molecular formula is C22H15Cl2NO. The third kappa shape index (κ3) is 4.46. The lowest BCUT2D eigenvalue weighted by atomic mass is 10.0. The van der Waals surface area contributed by atoms with E-state index in [1.54, 1.807) is 12.1 Å². The Morgan fingerprint density at radius 1 is 0.885 bits per heavy atom. The van der Waals surface area contributed by atoms with E-state index in [0.29, 0.717) is 22.2 Å². The van der Waals surface area contributed by atoms with E-state index in [4.69, 9.17) is 27.9 Å². The van der Waals surface area contributed by atoms with E-state index in [1.807, 2.05) is 66.7 Å². The van der Waals surface area contributed by atoms with Crippen molar-refractivity contribution in [2.45, 2.75) is 6.61 Å². The Morgan fingerprint density at radius 3 is 2.19 bits per heavy atom. The minimum absolute atomic E-state index is 0.401. The third-order valence-electron chi connectivity index (χ3n) is 3.83. The first kappa shape index (κ1) is 18.1. The molecule has 0 aliphatic carbocycles. The topological polar surface area (TPSA) is 33.0 Å². The summed E-state index contributed by atoms with van der Waals surface area (Å²) in [5.41, 5.74) is 3.06. The molecular weight excluding hydrogens is 365 g/mol. The molecule has 0 saturated heterocycles. The zero-order valence-corrected chi connectivity index (χ0v) is 15.3. The summed E-state index contributed by atoms with van der Waals surface area (Å²) in [7, 11) is 0. The van der Waals surface area contributed by atoms with Crippen molar-refractivity contribution in [2.75, 3.05) is 0 Å². The molecule has 0 radical (unpaired) electrons. The standard InChI is InChI=1S/C22H15Cl2NO/c23-21-7-3-1-5-17(21)15-26-19-11-9-16(10-12-19)13-18(14-25)20-6-2-4-8-22(20)24/h1-13H,15H2. The van der Waals surface area contributed by atoms with E-state index in [-0.39, 0.29) is 0 Å². The zero-order chi connectivity index (χ0) is 18.4. The summed E-state index contributed by atoms with van der Waals surface area (Å²) in [6.45, 7) is 0.401. The summed E-state index contributed by atoms with van der Waals surface area (Å²) < 4.78 is 5.77. The van der Waals surface area contributed by atoms with Crippen molar-refractivity contribution < 1.29 is 4.74 Å². The van der Waals surface area contributed by atoms with Gasteiger partial charge in [-0.3, -0.25) is 0 Å². The van der Waals surface area contributed by atoms with E-state index in [0.717, 1.165) is 22.4 Å². The van der Waals surface area contributed by atoms with Crippen LogP contribution in [-0.4, -0.2) is 0 Å². The van der Waals surface area contributed by atoms with Crippen molar-refractivity contribution in [1.29, 1.82) is 5.26 Å². The van der Waals surface area contributed by atoms with Crippen molar-refractivity contribution in [3.05, 3.63) is 99.5 Å². The lowest BCUT2D eigenvalue weighted by Gasteiger charge is -2.08. The quantitative estimate of drug-likeness (QED) is 0.367. The van der Waals surface area contributed by atoms with Crippen LogP contribution >= 0.6 is 23.2 Å². The van der Waals surface area contributed by atoms with Crippen LogP contribution in [-0.2, 0) is 6.61 Å². The molecule has 0 aliphatic heterocycles. The van der Waals surface area contributed by atoms with Gasteiger partial charge in [0.15, 0.2) is 0 Å². The summed E-state index contributed by atoms with van der Waals surface area (Å²) >= 11 is 12.3. The molecule has 0 unspecified atom stereocenters. The van der Waals surface area contributed by atoms with Crippen LogP contribution in [0.3, 0.4) is 0 Å². The van der Waals surface area contributed by atoms with Crippen molar-refractivity contribution in [3.63, 3.8) is 0 Å². The number of benzene rings is 3. The van der Waals surface area contributed by atoms with Gasteiger partial charge in [0.2, 0.25) is 0 Å². The molecule has 0 spiro atoms. The number of allylic oxidation sites excluding steroid dienone is 1. The van der Waals surface area contributed by atoms with Gasteiger partial charge in [-0.25, -0.2) is 0 Å². The molecule has 0 atom stereocenters. The molecule has 128 valence electrons.